The van der Waals surface area contributed by atoms with E-state index in [1.54, 1.807) is 0 Å². The van der Waals surface area contributed by atoms with Crippen LogP contribution in [0.2, 0.25) is 0 Å². The molecule has 0 aliphatic heterocycles. The lowest BCUT2D eigenvalue weighted by Gasteiger charge is -2.26. The van der Waals surface area contributed by atoms with Gasteiger partial charge < -0.3 is 15.1 Å². The van der Waals surface area contributed by atoms with Gasteiger partial charge in [-0.25, -0.2) is 0 Å². The first kappa shape index (κ1) is 14.0. The molecule has 0 unspecified atom stereocenters. The Hall–Kier alpha value is -1.06. The molecule has 3 nitrogen and oxygen atoms in total. The minimum absolute atomic E-state index is 0.0970. The van der Waals surface area contributed by atoms with E-state index >= 15 is 0 Å². The summed E-state index contributed by atoms with van der Waals surface area (Å²) in [6.45, 7) is 7.82. The summed E-state index contributed by atoms with van der Waals surface area (Å²) >= 11 is 0. The second-order valence-corrected chi connectivity index (χ2v) is 5.23. The summed E-state index contributed by atoms with van der Waals surface area (Å²) in [4.78, 5) is 2.00. The van der Waals surface area contributed by atoms with Crippen molar-refractivity contribution in [3.05, 3.63) is 29.8 Å². The SMILES string of the molecule is CC(C)(C)c1cccc(N(CCO)CCO)c1. The van der Waals surface area contributed by atoms with Crippen LogP contribution in [0.4, 0.5) is 5.69 Å². The molecule has 0 bridgehead atoms. The van der Waals surface area contributed by atoms with Crippen LogP contribution in [0.15, 0.2) is 24.3 Å². The van der Waals surface area contributed by atoms with Crippen LogP contribution < -0.4 is 4.90 Å². The van der Waals surface area contributed by atoms with E-state index < -0.39 is 0 Å². The van der Waals surface area contributed by atoms with Crippen molar-refractivity contribution in [3.63, 3.8) is 0 Å². The van der Waals surface area contributed by atoms with Crippen LogP contribution in [0.3, 0.4) is 0 Å². The molecular weight excluding hydrogens is 214 g/mol. The number of aliphatic hydroxyl groups excluding tert-OH is 2. The molecule has 0 amide bonds. The molecule has 0 saturated heterocycles. The Labute approximate surface area is 104 Å². The normalized spacial score (nSPS) is 11.6. The zero-order chi connectivity index (χ0) is 12.9. The van der Waals surface area contributed by atoms with Gasteiger partial charge in [-0.3, -0.25) is 0 Å². The van der Waals surface area contributed by atoms with Crippen LogP contribution in [-0.2, 0) is 5.41 Å². The number of rotatable bonds is 5. The Morgan fingerprint density at radius 1 is 1.06 bits per heavy atom. The van der Waals surface area contributed by atoms with Gasteiger partial charge in [0, 0.05) is 18.8 Å². The lowest BCUT2D eigenvalue weighted by atomic mass is 9.87. The highest BCUT2D eigenvalue weighted by atomic mass is 16.3. The lowest BCUT2D eigenvalue weighted by molar-refractivity contribution is 0.281. The molecule has 96 valence electrons. The van der Waals surface area contributed by atoms with Gasteiger partial charge in [-0.2, -0.15) is 0 Å². The summed E-state index contributed by atoms with van der Waals surface area (Å²) < 4.78 is 0. The molecule has 0 aliphatic carbocycles. The quantitative estimate of drug-likeness (QED) is 0.820. The topological polar surface area (TPSA) is 43.7 Å². The predicted octanol–water partition coefficient (Wildman–Crippen LogP) is 1.78. The van der Waals surface area contributed by atoms with Gasteiger partial charge in [0.2, 0.25) is 0 Å². The van der Waals surface area contributed by atoms with Gasteiger partial charge in [0.25, 0.3) is 0 Å². The third kappa shape index (κ3) is 4.02. The number of hydrogen-bond acceptors (Lipinski definition) is 3. The van der Waals surface area contributed by atoms with Crippen molar-refractivity contribution in [1.82, 2.24) is 0 Å². The van der Waals surface area contributed by atoms with Crippen LogP contribution in [0.5, 0.6) is 0 Å². The van der Waals surface area contributed by atoms with Crippen molar-refractivity contribution in [3.8, 4) is 0 Å². The molecule has 0 fully saturated rings. The van der Waals surface area contributed by atoms with E-state index in [0.717, 1.165) is 5.69 Å². The van der Waals surface area contributed by atoms with E-state index in [1.807, 2.05) is 17.0 Å². The molecule has 3 heteroatoms. The Kier molecular flexibility index (Phi) is 4.97. The molecular formula is C14H23NO2. The first-order valence-corrected chi connectivity index (χ1v) is 6.06. The van der Waals surface area contributed by atoms with Crippen LogP contribution in [0, 0.1) is 0 Å². The summed E-state index contributed by atoms with van der Waals surface area (Å²) in [5.74, 6) is 0. The minimum atomic E-state index is 0.0970. The summed E-state index contributed by atoms with van der Waals surface area (Å²) in [6, 6.07) is 8.28. The second kappa shape index (κ2) is 6.03. The fraction of sp³-hybridized carbons (Fsp3) is 0.571. The van der Waals surface area contributed by atoms with Gasteiger partial charge in [-0.15, -0.1) is 0 Å². The molecule has 17 heavy (non-hydrogen) atoms. The highest BCUT2D eigenvalue weighted by molar-refractivity contribution is 5.50. The van der Waals surface area contributed by atoms with Gasteiger partial charge in [0.15, 0.2) is 0 Å². The lowest BCUT2D eigenvalue weighted by Crippen LogP contribution is -2.30. The maximum atomic E-state index is 9.03. The Morgan fingerprint density at radius 3 is 2.12 bits per heavy atom. The van der Waals surface area contributed by atoms with Crippen molar-refractivity contribution in [1.29, 1.82) is 0 Å². The number of hydrogen-bond donors (Lipinski definition) is 2. The van der Waals surface area contributed by atoms with Crippen LogP contribution in [-0.4, -0.2) is 36.5 Å². The molecule has 1 rings (SSSR count). The fourth-order valence-corrected chi connectivity index (χ4v) is 1.78. The van der Waals surface area contributed by atoms with E-state index in [1.165, 1.54) is 5.56 Å². The minimum Gasteiger partial charge on any atom is -0.395 e. The molecule has 0 aliphatic rings. The van der Waals surface area contributed by atoms with Crippen LogP contribution in [0.1, 0.15) is 26.3 Å². The van der Waals surface area contributed by atoms with Gasteiger partial charge in [0.1, 0.15) is 0 Å². The van der Waals surface area contributed by atoms with E-state index in [2.05, 4.69) is 32.9 Å². The number of anilines is 1. The highest BCUT2D eigenvalue weighted by Gasteiger charge is 2.15. The zero-order valence-electron chi connectivity index (χ0n) is 11.0. The average Bonchev–Trinajstić information content (AvgIpc) is 2.28. The first-order valence-electron chi connectivity index (χ1n) is 6.06. The highest BCUT2D eigenvalue weighted by Crippen LogP contribution is 2.26. The van der Waals surface area contributed by atoms with E-state index in [9.17, 15) is 0 Å². The first-order chi connectivity index (χ1) is 7.99. The molecule has 0 radical (unpaired) electrons. The zero-order valence-corrected chi connectivity index (χ0v) is 11.0. The monoisotopic (exact) mass is 237 g/mol. The third-order valence-electron chi connectivity index (χ3n) is 2.82. The molecule has 1 aromatic carbocycles. The van der Waals surface area contributed by atoms with Crippen molar-refractivity contribution in [2.75, 3.05) is 31.2 Å². The summed E-state index contributed by atoms with van der Waals surface area (Å²) in [5, 5.41) is 18.1. The summed E-state index contributed by atoms with van der Waals surface area (Å²) in [6.07, 6.45) is 0. The molecule has 1 aromatic rings. The van der Waals surface area contributed by atoms with E-state index in [-0.39, 0.29) is 18.6 Å². The van der Waals surface area contributed by atoms with Gasteiger partial charge in [-0.1, -0.05) is 32.9 Å². The second-order valence-electron chi connectivity index (χ2n) is 5.23. The van der Waals surface area contributed by atoms with E-state index in [0.29, 0.717) is 13.1 Å². The third-order valence-corrected chi connectivity index (χ3v) is 2.82. The molecule has 0 heterocycles. The van der Waals surface area contributed by atoms with Crippen LogP contribution >= 0.6 is 0 Å². The van der Waals surface area contributed by atoms with Gasteiger partial charge in [-0.05, 0) is 23.1 Å². The molecule has 2 N–H and O–H groups in total. The summed E-state index contributed by atoms with van der Waals surface area (Å²) in [5.41, 5.74) is 2.43. The molecule has 0 spiro atoms. The molecule has 0 aromatic heterocycles. The Bertz CT molecular complexity index is 338. The number of aliphatic hydroxyl groups is 2. The molecule has 0 atom stereocenters. The fourth-order valence-electron chi connectivity index (χ4n) is 1.78. The predicted molar refractivity (Wildman–Crippen MR) is 71.5 cm³/mol. The molecule has 0 saturated carbocycles. The van der Waals surface area contributed by atoms with Crippen molar-refractivity contribution in [2.24, 2.45) is 0 Å². The number of nitrogens with zero attached hydrogens (tertiary/aromatic N) is 1. The van der Waals surface area contributed by atoms with Crippen LogP contribution in [0.25, 0.3) is 0 Å². The Morgan fingerprint density at radius 2 is 1.65 bits per heavy atom. The largest absolute Gasteiger partial charge is 0.395 e. The maximum absolute atomic E-state index is 9.03. The van der Waals surface area contributed by atoms with Crippen molar-refractivity contribution < 1.29 is 10.2 Å². The van der Waals surface area contributed by atoms with Gasteiger partial charge >= 0.3 is 0 Å². The van der Waals surface area contributed by atoms with Crippen molar-refractivity contribution >= 4 is 5.69 Å². The standard InChI is InChI=1S/C14H23NO2/c1-14(2,3)12-5-4-6-13(11-12)15(7-9-16)8-10-17/h4-6,11,16-17H,7-10H2,1-3H3. The Balaban J connectivity index is 2.95. The smallest absolute Gasteiger partial charge is 0.0606 e. The maximum Gasteiger partial charge on any atom is 0.0606 e. The van der Waals surface area contributed by atoms with Crippen molar-refractivity contribution in [2.45, 2.75) is 26.2 Å². The average molecular weight is 237 g/mol. The summed E-state index contributed by atoms with van der Waals surface area (Å²) in [7, 11) is 0. The number of benzene rings is 1. The van der Waals surface area contributed by atoms with Gasteiger partial charge in [0.05, 0.1) is 13.2 Å². The van der Waals surface area contributed by atoms with E-state index in [4.69, 9.17) is 10.2 Å².